The Labute approximate surface area is 146 Å². The first-order valence-electron chi connectivity index (χ1n) is 7.19. The van der Waals surface area contributed by atoms with Gasteiger partial charge in [-0.2, -0.15) is 0 Å². The van der Waals surface area contributed by atoms with Crippen LogP contribution in [0.15, 0.2) is 30.3 Å². The summed E-state index contributed by atoms with van der Waals surface area (Å²) < 4.78 is 4.56. The van der Waals surface area contributed by atoms with E-state index in [4.69, 9.17) is 21.3 Å². The Kier molecular flexibility index (Phi) is 10.4. The van der Waals surface area contributed by atoms with Crippen LogP contribution in [0.5, 0.6) is 5.75 Å². The van der Waals surface area contributed by atoms with Crippen LogP contribution in [0.2, 0.25) is 0 Å². The summed E-state index contributed by atoms with van der Waals surface area (Å²) in [5.41, 5.74) is 9.39. The lowest BCUT2D eigenvalue weighted by molar-refractivity contribution is -0.740. The Hall–Kier alpha value is -2.76. The van der Waals surface area contributed by atoms with Crippen LogP contribution < -0.4 is 20.9 Å². The normalized spacial score (nSPS) is 12.2. The molecule has 0 bridgehead atoms. The summed E-state index contributed by atoms with van der Waals surface area (Å²) in [6, 6.07) is 7.04. The number of aliphatic carboxylic acids is 1. The number of hydrogen-bond acceptors (Lipinski definition) is 6. The smallest absolute Gasteiger partial charge is 0.369 e. The molecule has 0 aliphatic heterocycles. The average molecular weight is 371 g/mol. The largest absolute Gasteiger partial charge is 0.654 e. The summed E-state index contributed by atoms with van der Waals surface area (Å²) in [6.07, 6.45) is -0.418. The van der Waals surface area contributed by atoms with E-state index in [1.807, 2.05) is 0 Å². The minimum Gasteiger partial charge on any atom is -0.654 e. The monoisotopic (exact) mass is 371 g/mol. The molecule has 1 aromatic carbocycles. The Morgan fingerprint density at radius 3 is 1.96 bits per heavy atom. The van der Waals surface area contributed by atoms with E-state index in [1.54, 1.807) is 30.3 Å². The van der Waals surface area contributed by atoms with Crippen molar-refractivity contribution in [2.75, 3.05) is 0 Å². The number of ether oxygens (including phenoxy) is 1. The first kappa shape index (κ1) is 22.2. The van der Waals surface area contributed by atoms with Crippen molar-refractivity contribution in [1.82, 2.24) is 0 Å². The molecule has 6 N–H and O–H groups in total. The van der Waals surface area contributed by atoms with E-state index in [2.05, 4.69) is 0 Å². The number of carboxylic acids is 1. The molecule has 0 spiro atoms. The Morgan fingerprint density at radius 2 is 1.60 bits per heavy atom. The molecule has 1 unspecified atom stereocenters. The fourth-order valence-electron chi connectivity index (χ4n) is 1.49. The van der Waals surface area contributed by atoms with E-state index in [1.165, 1.54) is 0 Å². The highest BCUT2D eigenvalue weighted by Gasteiger charge is 2.27. The lowest BCUT2D eigenvalue weighted by Gasteiger charge is -2.26. The predicted molar refractivity (Wildman–Crippen MR) is 90.0 cm³/mol. The van der Waals surface area contributed by atoms with Gasteiger partial charge in [0.1, 0.15) is 12.2 Å². The molecular formula is C14H21N3O7Si. The van der Waals surface area contributed by atoms with Gasteiger partial charge in [-0.25, -0.2) is 4.79 Å². The average Bonchev–Trinajstić information content (AvgIpc) is 2.51. The van der Waals surface area contributed by atoms with Crippen molar-refractivity contribution in [2.45, 2.75) is 25.3 Å². The van der Waals surface area contributed by atoms with Gasteiger partial charge in [-0.15, -0.1) is 0 Å². The standard InChI is InChI=1S/C10H13NO5Si.C4H8N2O2/c12-9(13)6-8(11(15)17)10(14)16-7-4-2-1-3-5-7;5-3(7)1-2-4(6)8/h1-5,8,11H,6H2,17H3,(H,12,13);1-2H2,(H2,5,7)(H2,6,8)/t8-;/m0./s1. The zero-order valence-electron chi connectivity index (χ0n) is 13.6. The number of nitrogens with one attached hydrogen (secondary N) is 1. The molecule has 10 nitrogen and oxygen atoms in total. The molecule has 0 fully saturated rings. The molecule has 0 aromatic heterocycles. The zero-order chi connectivity index (χ0) is 19.4. The van der Waals surface area contributed by atoms with Gasteiger partial charge in [-0.05, 0) is 12.1 Å². The van der Waals surface area contributed by atoms with Crippen LogP contribution >= 0.6 is 0 Å². The topological polar surface area (TPSA) is 177 Å². The molecular weight excluding hydrogens is 350 g/mol. The minimum atomic E-state index is -1.20. The number of carbonyl (C=O) groups excluding carboxylic acids is 3. The van der Waals surface area contributed by atoms with Crippen LogP contribution in [0.25, 0.3) is 0 Å². The van der Waals surface area contributed by atoms with E-state index in [9.17, 15) is 24.4 Å². The quantitative estimate of drug-likeness (QED) is 0.161. The molecule has 0 saturated heterocycles. The van der Waals surface area contributed by atoms with Crippen LogP contribution in [-0.2, 0) is 19.2 Å². The molecule has 2 amide bonds. The van der Waals surface area contributed by atoms with Gasteiger partial charge in [-0.1, -0.05) is 18.2 Å². The van der Waals surface area contributed by atoms with Gasteiger partial charge in [0.05, 0.1) is 0 Å². The molecule has 0 heterocycles. The van der Waals surface area contributed by atoms with E-state index in [0.29, 0.717) is 5.75 Å². The van der Waals surface area contributed by atoms with Gasteiger partial charge < -0.3 is 31.2 Å². The summed E-state index contributed by atoms with van der Waals surface area (Å²) in [7, 11) is 0.119. The van der Waals surface area contributed by atoms with Crippen molar-refractivity contribution in [2.24, 2.45) is 11.5 Å². The molecule has 0 aliphatic rings. The van der Waals surface area contributed by atoms with Crippen molar-refractivity contribution in [1.29, 1.82) is 0 Å². The van der Waals surface area contributed by atoms with Crippen LogP contribution in [0.4, 0.5) is 0 Å². The van der Waals surface area contributed by atoms with Crippen molar-refractivity contribution in [3.05, 3.63) is 35.5 Å². The second kappa shape index (κ2) is 11.7. The highest BCUT2D eigenvalue weighted by Crippen LogP contribution is 2.09. The first-order valence-corrected chi connectivity index (χ1v) is 8.19. The summed E-state index contributed by atoms with van der Waals surface area (Å²) >= 11 is 0. The fourth-order valence-corrected chi connectivity index (χ4v) is 1.93. The number of para-hydroxylation sites is 1. The van der Waals surface area contributed by atoms with Gasteiger partial charge >= 0.3 is 11.9 Å². The molecule has 1 aromatic rings. The molecule has 11 heteroatoms. The maximum Gasteiger partial charge on any atom is 0.369 e. The number of quaternary nitrogens is 1. The van der Waals surface area contributed by atoms with E-state index in [0.717, 1.165) is 0 Å². The van der Waals surface area contributed by atoms with E-state index in [-0.39, 0.29) is 28.0 Å². The predicted octanol–water partition coefficient (Wildman–Crippen LogP) is -3.16. The van der Waals surface area contributed by atoms with Gasteiger partial charge in [0, 0.05) is 12.8 Å². The molecule has 0 radical (unpaired) electrons. The number of carboxylic acid groups (broad SMARTS) is 1. The number of benzene rings is 1. The van der Waals surface area contributed by atoms with Crippen molar-refractivity contribution >= 4 is 34.2 Å². The third kappa shape index (κ3) is 11.4. The molecule has 0 saturated carbocycles. The number of hydrogen-bond donors (Lipinski definition) is 4. The van der Waals surface area contributed by atoms with Gasteiger partial charge in [0.2, 0.25) is 22.2 Å². The number of carbonyl (C=O) groups is 4. The third-order valence-corrected chi connectivity index (χ3v) is 3.43. The van der Waals surface area contributed by atoms with Crippen LogP contribution in [0.3, 0.4) is 0 Å². The fraction of sp³-hybridized carbons (Fsp3) is 0.286. The first-order chi connectivity index (χ1) is 11.6. The second-order valence-corrected chi connectivity index (χ2v) is 5.91. The zero-order valence-corrected chi connectivity index (χ0v) is 15.6. The summed E-state index contributed by atoms with van der Waals surface area (Å²) in [5, 5.41) is 19.8. The van der Waals surface area contributed by atoms with Gasteiger partial charge in [-0.3, -0.25) is 14.4 Å². The SMILES string of the molecule is NC(=O)CCC(N)=O.O=C(O)C[C@@H](C(=O)Oc1ccccc1)[NH+]([O-])[SiH3]. The third-order valence-electron chi connectivity index (χ3n) is 2.73. The summed E-state index contributed by atoms with van der Waals surface area (Å²) in [6.45, 7) is 0. The maximum absolute atomic E-state index is 11.6. The summed E-state index contributed by atoms with van der Waals surface area (Å²) in [4.78, 5) is 42.0. The van der Waals surface area contributed by atoms with Gasteiger partial charge in [0.15, 0.2) is 6.04 Å². The van der Waals surface area contributed by atoms with Crippen molar-refractivity contribution < 1.29 is 33.8 Å². The minimum absolute atomic E-state index is 0.0509. The second-order valence-electron chi connectivity index (χ2n) is 4.93. The number of primary amides is 2. The Balaban J connectivity index is 0.000000609. The number of amides is 2. The Bertz CT molecular complexity index is 581. The van der Waals surface area contributed by atoms with Crippen LogP contribution in [-0.4, -0.2) is 45.3 Å². The van der Waals surface area contributed by atoms with E-state index >= 15 is 0 Å². The van der Waals surface area contributed by atoms with E-state index < -0.39 is 36.2 Å². The number of esters is 1. The molecule has 0 aliphatic carbocycles. The van der Waals surface area contributed by atoms with Crippen LogP contribution in [0.1, 0.15) is 19.3 Å². The molecule has 25 heavy (non-hydrogen) atoms. The van der Waals surface area contributed by atoms with Crippen molar-refractivity contribution in [3.63, 3.8) is 0 Å². The highest BCUT2D eigenvalue weighted by molar-refractivity contribution is 5.97. The highest BCUT2D eigenvalue weighted by atomic mass is 28.2. The Morgan fingerprint density at radius 1 is 1.12 bits per heavy atom. The van der Waals surface area contributed by atoms with Gasteiger partial charge in [0.25, 0.3) is 0 Å². The van der Waals surface area contributed by atoms with Crippen LogP contribution in [0, 0.1) is 5.21 Å². The maximum atomic E-state index is 11.6. The summed E-state index contributed by atoms with van der Waals surface area (Å²) in [5.74, 6) is -2.69. The van der Waals surface area contributed by atoms with Crippen molar-refractivity contribution in [3.8, 4) is 5.75 Å². The molecule has 2 atom stereocenters. The molecule has 1 rings (SSSR count). The lowest BCUT2D eigenvalue weighted by Crippen LogP contribution is -3.11. The lowest BCUT2D eigenvalue weighted by atomic mass is 10.2. The number of nitrogens with two attached hydrogens (primary N) is 2. The number of hydroxylamine groups is 1. The molecule has 138 valence electrons. The number of rotatable bonds is 8.